The zero-order chi connectivity index (χ0) is 15.1. The molecule has 0 unspecified atom stereocenters. The van der Waals surface area contributed by atoms with E-state index in [2.05, 4.69) is 16.7 Å². The van der Waals surface area contributed by atoms with Gasteiger partial charge in [0.2, 0.25) is 5.91 Å². The molecule has 0 aromatic heterocycles. The minimum Gasteiger partial charge on any atom is -0.381 e. The summed E-state index contributed by atoms with van der Waals surface area (Å²) in [5.74, 6) is -0.0178. The van der Waals surface area contributed by atoms with Crippen LogP contribution in [0, 0.1) is 11.3 Å². The summed E-state index contributed by atoms with van der Waals surface area (Å²) in [5.41, 5.74) is 3.56. The summed E-state index contributed by atoms with van der Waals surface area (Å²) in [6, 6.07) is 17.3. The second kappa shape index (κ2) is 7.11. The highest BCUT2D eigenvalue weighted by Crippen LogP contribution is 2.17. The number of rotatable bonds is 5. The Balaban J connectivity index is 2.09. The lowest BCUT2D eigenvalue weighted by Gasteiger charge is -2.12. The number of nitrogens with zero attached hydrogens (tertiary/aromatic N) is 1. The van der Waals surface area contributed by atoms with Crippen LogP contribution >= 0.6 is 0 Å². The van der Waals surface area contributed by atoms with Crippen LogP contribution in [-0.4, -0.2) is 13.0 Å². The summed E-state index contributed by atoms with van der Waals surface area (Å²) in [5, 5.41) is 14.9. The first kappa shape index (κ1) is 14.6. The molecule has 2 aromatic rings. The van der Waals surface area contributed by atoms with Crippen molar-refractivity contribution in [3.63, 3.8) is 0 Å². The second-order valence-electron chi connectivity index (χ2n) is 4.67. The Hall–Kier alpha value is -2.80. The molecule has 2 aromatic carbocycles. The highest BCUT2D eigenvalue weighted by atomic mass is 16.1. The molecule has 0 aliphatic heterocycles. The molecule has 0 fully saturated rings. The number of amides is 1. The van der Waals surface area contributed by atoms with Crippen LogP contribution in [0.2, 0.25) is 0 Å². The van der Waals surface area contributed by atoms with E-state index in [1.54, 1.807) is 13.1 Å². The summed E-state index contributed by atoms with van der Waals surface area (Å²) < 4.78 is 0. The number of likely N-dealkylation sites (N-methyl/N-ethyl adjacent to an activating group) is 1. The van der Waals surface area contributed by atoms with Gasteiger partial charge in [-0.2, -0.15) is 5.26 Å². The molecule has 0 atom stereocenters. The third kappa shape index (κ3) is 4.08. The number of carbonyl (C=O) groups excluding carboxylic acids is 1. The minimum absolute atomic E-state index is 0.0178. The molecular weight excluding hydrogens is 262 g/mol. The van der Waals surface area contributed by atoms with Gasteiger partial charge in [0, 0.05) is 19.3 Å². The summed E-state index contributed by atoms with van der Waals surface area (Å²) >= 11 is 0. The number of benzene rings is 2. The zero-order valence-corrected chi connectivity index (χ0v) is 11.9. The van der Waals surface area contributed by atoms with Crippen LogP contribution in [0.3, 0.4) is 0 Å². The molecule has 2 N–H and O–H groups in total. The molecule has 0 heterocycles. The molecule has 4 heteroatoms. The van der Waals surface area contributed by atoms with Crippen molar-refractivity contribution in [2.75, 3.05) is 12.4 Å². The number of carbonyl (C=O) groups is 1. The van der Waals surface area contributed by atoms with Crippen LogP contribution in [0.4, 0.5) is 5.69 Å². The number of nitrogens with one attached hydrogen (secondary N) is 2. The zero-order valence-electron chi connectivity index (χ0n) is 11.9. The SMILES string of the molecule is CNC(=O)Cc1ccccc1NCc1cccc(C#N)c1. The van der Waals surface area contributed by atoms with Crippen molar-refractivity contribution in [2.24, 2.45) is 0 Å². The molecule has 0 aliphatic carbocycles. The van der Waals surface area contributed by atoms with Crippen molar-refractivity contribution in [3.05, 3.63) is 65.2 Å². The van der Waals surface area contributed by atoms with Gasteiger partial charge in [-0.3, -0.25) is 4.79 Å². The van der Waals surface area contributed by atoms with Crippen molar-refractivity contribution in [1.29, 1.82) is 5.26 Å². The molecule has 21 heavy (non-hydrogen) atoms. The van der Waals surface area contributed by atoms with E-state index in [4.69, 9.17) is 5.26 Å². The van der Waals surface area contributed by atoms with E-state index < -0.39 is 0 Å². The quantitative estimate of drug-likeness (QED) is 0.883. The van der Waals surface area contributed by atoms with Gasteiger partial charge < -0.3 is 10.6 Å². The average Bonchev–Trinajstić information content (AvgIpc) is 2.54. The Bertz CT molecular complexity index is 674. The normalized spacial score (nSPS) is 9.71. The summed E-state index contributed by atoms with van der Waals surface area (Å²) in [4.78, 5) is 11.5. The molecule has 0 bridgehead atoms. The molecule has 4 nitrogen and oxygen atoms in total. The van der Waals surface area contributed by atoms with Crippen LogP contribution in [-0.2, 0) is 17.8 Å². The molecule has 0 radical (unpaired) electrons. The lowest BCUT2D eigenvalue weighted by Crippen LogP contribution is -2.20. The van der Waals surface area contributed by atoms with E-state index in [1.807, 2.05) is 42.5 Å². The predicted octanol–water partition coefficient (Wildman–Crippen LogP) is 2.46. The van der Waals surface area contributed by atoms with Gasteiger partial charge in [-0.25, -0.2) is 0 Å². The molecule has 0 aliphatic rings. The van der Waals surface area contributed by atoms with Gasteiger partial charge in [-0.1, -0.05) is 30.3 Å². The van der Waals surface area contributed by atoms with Gasteiger partial charge in [0.25, 0.3) is 0 Å². The van der Waals surface area contributed by atoms with E-state index in [1.165, 1.54) is 0 Å². The molecule has 0 saturated heterocycles. The summed E-state index contributed by atoms with van der Waals surface area (Å²) in [6.45, 7) is 0.611. The van der Waals surface area contributed by atoms with Gasteiger partial charge in [0.15, 0.2) is 0 Å². The molecule has 0 saturated carbocycles. The third-order valence-corrected chi connectivity index (χ3v) is 3.19. The van der Waals surface area contributed by atoms with E-state index in [9.17, 15) is 4.79 Å². The Morgan fingerprint density at radius 2 is 2.00 bits per heavy atom. The standard InChI is InChI=1S/C17H17N3O/c1-19-17(21)10-15-7-2-3-8-16(15)20-12-14-6-4-5-13(9-14)11-18/h2-9,20H,10,12H2,1H3,(H,19,21). The summed E-state index contributed by atoms with van der Waals surface area (Å²) in [7, 11) is 1.63. The van der Waals surface area contributed by atoms with Gasteiger partial charge in [0.05, 0.1) is 18.1 Å². The van der Waals surface area contributed by atoms with Crippen molar-refractivity contribution < 1.29 is 4.79 Å². The Labute approximate surface area is 124 Å². The van der Waals surface area contributed by atoms with Crippen LogP contribution in [0.5, 0.6) is 0 Å². The number of para-hydroxylation sites is 1. The molecule has 0 spiro atoms. The first-order chi connectivity index (χ1) is 10.2. The average molecular weight is 279 g/mol. The van der Waals surface area contributed by atoms with Gasteiger partial charge >= 0.3 is 0 Å². The minimum atomic E-state index is -0.0178. The first-order valence-electron chi connectivity index (χ1n) is 6.74. The van der Waals surface area contributed by atoms with E-state index in [0.29, 0.717) is 18.5 Å². The Morgan fingerprint density at radius 1 is 1.19 bits per heavy atom. The van der Waals surface area contributed by atoms with Crippen LogP contribution < -0.4 is 10.6 Å². The molecule has 106 valence electrons. The maximum atomic E-state index is 11.5. The van der Waals surface area contributed by atoms with E-state index in [-0.39, 0.29) is 5.91 Å². The monoisotopic (exact) mass is 279 g/mol. The second-order valence-corrected chi connectivity index (χ2v) is 4.67. The van der Waals surface area contributed by atoms with Gasteiger partial charge in [-0.15, -0.1) is 0 Å². The lowest BCUT2D eigenvalue weighted by molar-refractivity contribution is -0.119. The lowest BCUT2D eigenvalue weighted by atomic mass is 10.1. The molecular formula is C17H17N3O. The van der Waals surface area contributed by atoms with Crippen molar-refractivity contribution in [3.8, 4) is 6.07 Å². The first-order valence-corrected chi connectivity index (χ1v) is 6.74. The Kier molecular flexibility index (Phi) is 4.94. The fourth-order valence-corrected chi connectivity index (χ4v) is 2.06. The number of anilines is 1. The van der Waals surface area contributed by atoms with E-state index in [0.717, 1.165) is 16.8 Å². The fraction of sp³-hybridized carbons (Fsp3) is 0.176. The maximum Gasteiger partial charge on any atom is 0.224 e. The van der Waals surface area contributed by atoms with Crippen molar-refractivity contribution in [1.82, 2.24) is 5.32 Å². The maximum absolute atomic E-state index is 11.5. The largest absolute Gasteiger partial charge is 0.381 e. The third-order valence-electron chi connectivity index (χ3n) is 3.19. The topological polar surface area (TPSA) is 64.9 Å². The summed E-state index contributed by atoms with van der Waals surface area (Å²) in [6.07, 6.45) is 0.345. The highest BCUT2D eigenvalue weighted by molar-refractivity contribution is 5.80. The van der Waals surface area contributed by atoms with Crippen LogP contribution in [0.15, 0.2) is 48.5 Å². The fourth-order valence-electron chi connectivity index (χ4n) is 2.06. The molecule has 2 rings (SSSR count). The Morgan fingerprint density at radius 3 is 2.76 bits per heavy atom. The number of hydrogen-bond donors (Lipinski definition) is 2. The van der Waals surface area contributed by atoms with Crippen LogP contribution in [0.25, 0.3) is 0 Å². The van der Waals surface area contributed by atoms with Gasteiger partial charge in [-0.05, 0) is 29.3 Å². The number of nitriles is 1. The number of hydrogen-bond acceptors (Lipinski definition) is 3. The smallest absolute Gasteiger partial charge is 0.224 e. The highest BCUT2D eigenvalue weighted by Gasteiger charge is 2.06. The van der Waals surface area contributed by atoms with E-state index >= 15 is 0 Å². The predicted molar refractivity (Wildman–Crippen MR) is 82.7 cm³/mol. The molecule has 1 amide bonds. The van der Waals surface area contributed by atoms with Crippen LogP contribution in [0.1, 0.15) is 16.7 Å². The van der Waals surface area contributed by atoms with Crippen molar-refractivity contribution >= 4 is 11.6 Å². The van der Waals surface area contributed by atoms with Crippen molar-refractivity contribution in [2.45, 2.75) is 13.0 Å². The van der Waals surface area contributed by atoms with Gasteiger partial charge in [0.1, 0.15) is 0 Å².